The van der Waals surface area contributed by atoms with Crippen LogP contribution in [-0.4, -0.2) is 38.6 Å². The summed E-state index contributed by atoms with van der Waals surface area (Å²) in [5.74, 6) is 2.79. The Balaban J connectivity index is 4.25. The Kier molecular flexibility index (Phi) is 42.1. The second-order valence-electron chi connectivity index (χ2n) is 13.8. The third-order valence-corrected chi connectivity index (χ3v) is 9.82. The maximum absolute atomic E-state index is 5.86. The van der Waals surface area contributed by atoms with Crippen molar-refractivity contribution in [3.8, 4) is 0 Å². The number of unbranched alkanes of at least 4 members (excludes halogenated alkanes) is 20. The topological polar surface area (TPSA) is 27.7 Å². The van der Waals surface area contributed by atoms with Crippen LogP contribution in [0.5, 0.6) is 0 Å². The molecule has 0 aromatic heterocycles. The third-order valence-electron chi connectivity index (χ3n) is 9.28. The van der Waals surface area contributed by atoms with Crippen LogP contribution in [0.1, 0.15) is 194 Å². The van der Waals surface area contributed by atoms with E-state index in [-0.39, 0.29) is 0 Å². The minimum Gasteiger partial charge on any atom is -0.355 e. The van der Waals surface area contributed by atoms with Gasteiger partial charge >= 0.3 is 0 Å². The molecule has 0 aromatic carbocycles. The minimum absolute atomic E-state index is 0.316. The molecule has 0 aliphatic heterocycles. The maximum Gasteiger partial charge on any atom is 0.149 e. The number of hydrogen-bond acceptors (Lipinski definition) is 3. The van der Waals surface area contributed by atoms with E-state index in [1.165, 1.54) is 154 Å². The molecule has 0 aromatic rings. The molecule has 0 aliphatic carbocycles. The fourth-order valence-corrected chi connectivity index (χ4v) is 6.52. The summed E-state index contributed by atoms with van der Waals surface area (Å²) in [6, 6.07) is 0. The van der Waals surface area contributed by atoms with Crippen molar-refractivity contribution >= 4 is 23.2 Å². The summed E-state index contributed by atoms with van der Waals surface area (Å²) in [4.78, 5) is 0. The second kappa shape index (κ2) is 42.1. The van der Waals surface area contributed by atoms with Crippen LogP contribution in [0, 0.1) is 11.8 Å². The number of allylic oxidation sites excluding steroid dienone is 4. The minimum atomic E-state index is 0.316. The highest BCUT2D eigenvalue weighted by atomic mass is 35.5. The van der Waals surface area contributed by atoms with E-state index >= 15 is 0 Å². The molecular weight excluding hydrogens is 623 g/mol. The van der Waals surface area contributed by atoms with Gasteiger partial charge in [-0.25, -0.2) is 0 Å². The third kappa shape index (κ3) is 38.6. The SMILES string of the molecule is CCCCCCCCC=CC(CCCCCCCCl)CCOCOCOCCC(C=CCCCCCCCC)CCCCCCCCl. The second-order valence-corrected chi connectivity index (χ2v) is 14.6. The van der Waals surface area contributed by atoms with Crippen molar-refractivity contribution in [3.63, 3.8) is 0 Å². The Morgan fingerprint density at radius 1 is 0.404 bits per heavy atom. The van der Waals surface area contributed by atoms with Gasteiger partial charge in [-0.3, -0.25) is 0 Å². The molecule has 0 fully saturated rings. The largest absolute Gasteiger partial charge is 0.355 e. The smallest absolute Gasteiger partial charge is 0.149 e. The lowest BCUT2D eigenvalue weighted by Gasteiger charge is -2.14. The zero-order valence-electron chi connectivity index (χ0n) is 31.5. The van der Waals surface area contributed by atoms with Gasteiger partial charge in [0.1, 0.15) is 13.6 Å². The van der Waals surface area contributed by atoms with E-state index in [0.29, 0.717) is 25.4 Å². The van der Waals surface area contributed by atoms with Crippen LogP contribution in [0.25, 0.3) is 0 Å². The van der Waals surface area contributed by atoms with Gasteiger partial charge in [0.2, 0.25) is 0 Å². The maximum atomic E-state index is 5.86. The number of ether oxygens (including phenoxy) is 3. The molecule has 0 N–H and O–H groups in total. The fourth-order valence-electron chi connectivity index (χ4n) is 6.14. The normalized spacial score (nSPS) is 13.4. The lowest BCUT2D eigenvalue weighted by atomic mass is 9.96. The van der Waals surface area contributed by atoms with Gasteiger partial charge in [0.05, 0.1) is 0 Å². The van der Waals surface area contributed by atoms with Gasteiger partial charge in [-0.15, -0.1) is 23.2 Å². The Bertz CT molecular complexity index is 575. The van der Waals surface area contributed by atoms with Crippen LogP contribution in [0.15, 0.2) is 24.3 Å². The molecule has 2 unspecified atom stereocenters. The summed E-state index contributed by atoms with van der Waals surface area (Å²) in [6.45, 7) is 6.69. The molecule has 0 aliphatic rings. The first-order valence-electron chi connectivity index (χ1n) is 20.5. The fraction of sp³-hybridized carbons (Fsp3) is 0.905. The molecule has 47 heavy (non-hydrogen) atoms. The molecule has 0 heterocycles. The predicted octanol–water partition coefficient (Wildman–Crippen LogP) is 14.7. The van der Waals surface area contributed by atoms with E-state index in [2.05, 4.69) is 38.2 Å². The van der Waals surface area contributed by atoms with Gasteiger partial charge < -0.3 is 14.2 Å². The Hall–Kier alpha value is -0.0600. The van der Waals surface area contributed by atoms with Crippen molar-refractivity contribution in [1.29, 1.82) is 0 Å². The Labute approximate surface area is 304 Å². The summed E-state index contributed by atoms with van der Waals surface area (Å²) >= 11 is 11.7. The van der Waals surface area contributed by atoms with E-state index in [1.54, 1.807) is 0 Å². The molecule has 0 saturated carbocycles. The Morgan fingerprint density at radius 2 is 0.766 bits per heavy atom. The van der Waals surface area contributed by atoms with E-state index in [9.17, 15) is 0 Å². The molecule has 280 valence electrons. The van der Waals surface area contributed by atoms with Gasteiger partial charge in [-0.1, -0.05) is 154 Å². The van der Waals surface area contributed by atoms with Crippen molar-refractivity contribution in [2.24, 2.45) is 11.8 Å². The highest BCUT2D eigenvalue weighted by Crippen LogP contribution is 2.19. The monoisotopic (exact) mass is 703 g/mol. The van der Waals surface area contributed by atoms with Gasteiger partial charge in [-0.05, 0) is 76.0 Å². The van der Waals surface area contributed by atoms with Crippen molar-refractivity contribution in [3.05, 3.63) is 24.3 Å². The lowest BCUT2D eigenvalue weighted by Crippen LogP contribution is -2.10. The number of halogens is 2. The molecule has 0 bridgehead atoms. The van der Waals surface area contributed by atoms with Crippen molar-refractivity contribution < 1.29 is 14.2 Å². The molecule has 0 rings (SSSR count). The van der Waals surface area contributed by atoms with Crippen LogP contribution < -0.4 is 0 Å². The molecule has 2 atom stereocenters. The van der Waals surface area contributed by atoms with E-state index in [0.717, 1.165) is 50.7 Å². The highest BCUT2D eigenvalue weighted by Gasteiger charge is 2.07. The number of hydrogen-bond donors (Lipinski definition) is 0. The van der Waals surface area contributed by atoms with Gasteiger partial charge in [0.25, 0.3) is 0 Å². The highest BCUT2D eigenvalue weighted by molar-refractivity contribution is 6.18. The average molecular weight is 704 g/mol. The molecule has 5 heteroatoms. The quantitative estimate of drug-likeness (QED) is 0.0275. The molecular formula is C42H80Cl2O3. The van der Waals surface area contributed by atoms with E-state index < -0.39 is 0 Å². The predicted molar refractivity (Wildman–Crippen MR) is 210 cm³/mol. The molecule has 3 nitrogen and oxygen atoms in total. The summed E-state index contributed by atoms with van der Waals surface area (Å²) in [6.07, 6.45) is 45.8. The summed E-state index contributed by atoms with van der Waals surface area (Å²) < 4.78 is 17.4. The zero-order valence-corrected chi connectivity index (χ0v) is 33.0. The van der Waals surface area contributed by atoms with Crippen molar-refractivity contribution in [1.82, 2.24) is 0 Å². The van der Waals surface area contributed by atoms with Crippen LogP contribution >= 0.6 is 23.2 Å². The van der Waals surface area contributed by atoms with Gasteiger partial charge in [-0.2, -0.15) is 0 Å². The van der Waals surface area contributed by atoms with Crippen molar-refractivity contribution in [2.45, 2.75) is 194 Å². The van der Waals surface area contributed by atoms with Crippen LogP contribution in [-0.2, 0) is 14.2 Å². The van der Waals surface area contributed by atoms with E-state index in [1.807, 2.05) is 0 Å². The Morgan fingerprint density at radius 3 is 1.17 bits per heavy atom. The summed E-state index contributed by atoms with van der Waals surface area (Å²) in [7, 11) is 0. The van der Waals surface area contributed by atoms with Gasteiger partial charge in [0, 0.05) is 25.0 Å². The van der Waals surface area contributed by atoms with E-state index in [4.69, 9.17) is 37.4 Å². The number of rotatable bonds is 40. The van der Waals surface area contributed by atoms with Crippen LogP contribution in [0.3, 0.4) is 0 Å². The molecule has 0 amide bonds. The molecule has 0 saturated heterocycles. The van der Waals surface area contributed by atoms with Crippen LogP contribution in [0.2, 0.25) is 0 Å². The standard InChI is InChI=1S/C42H80Cl2O3/c1-3-5-7-9-11-13-17-23-29-41(31-25-19-15-21-27-35-43)33-37-45-39-47-40-46-38-34-42(32-26-20-16-22-28-36-44)30-24-18-14-12-10-8-6-4-2/h23-24,29-30,41-42H,3-22,25-28,31-40H2,1-2H3. The first-order valence-corrected chi connectivity index (χ1v) is 21.5. The molecule has 0 spiro atoms. The first-order chi connectivity index (χ1) is 23.3. The summed E-state index contributed by atoms with van der Waals surface area (Å²) in [5.41, 5.74) is 0. The number of alkyl halides is 2. The van der Waals surface area contributed by atoms with Gasteiger partial charge in [0.15, 0.2) is 0 Å². The van der Waals surface area contributed by atoms with Crippen LogP contribution in [0.4, 0.5) is 0 Å². The lowest BCUT2D eigenvalue weighted by molar-refractivity contribution is -0.133. The first kappa shape index (κ1) is 46.9. The molecule has 0 radical (unpaired) electrons. The van der Waals surface area contributed by atoms with Crippen molar-refractivity contribution in [2.75, 3.05) is 38.6 Å². The zero-order chi connectivity index (χ0) is 34.1. The average Bonchev–Trinajstić information content (AvgIpc) is 3.08. The summed E-state index contributed by atoms with van der Waals surface area (Å²) in [5, 5.41) is 0.